The number of ether oxygens (including phenoxy) is 1. The first-order valence-electron chi connectivity index (χ1n) is 4.65. The molecule has 0 radical (unpaired) electrons. The van der Waals surface area contributed by atoms with Crippen molar-refractivity contribution in [2.75, 3.05) is 6.61 Å². The van der Waals surface area contributed by atoms with Gasteiger partial charge >= 0.3 is 5.97 Å². The van der Waals surface area contributed by atoms with Gasteiger partial charge in [0.15, 0.2) is 0 Å². The maximum absolute atomic E-state index is 13.0. The van der Waals surface area contributed by atoms with Gasteiger partial charge in [0.1, 0.15) is 17.6 Å². The van der Waals surface area contributed by atoms with Crippen LogP contribution in [-0.4, -0.2) is 17.7 Å². The normalized spacial score (nSPS) is 9.56. The lowest BCUT2D eigenvalue weighted by Crippen LogP contribution is -2.09. The van der Waals surface area contributed by atoms with Crippen LogP contribution in [0.4, 0.5) is 4.39 Å². The molecule has 1 aromatic rings. The van der Waals surface area contributed by atoms with E-state index in [2.05, 4.69) is 4.74 Å². The lowest BCUT2D eigenvalue weighted by atomic mass is 10.0. The van der Waals surface area contributed by atoms with E-state index in [1.807, 2.05) is 0 Å². The van der Waals surface area contributed by atoms with E-state index in [-0.39, 0.29) is 24.2 Å². The van der Waals surface area contributed by atoms with Crippen molar-refractivity contribution >= 4 is 5.97 Å². The summed E-state index contributed by atoms with van der Waals surface area (Å²) in [6, 6.07) is 3.58. The molecular formula is C11H10FNO3. The van der Waals surface area contributed by atoms with E-state index >= 15 is 0 Å². The van der Waals surface area contributed by atoms with Gasteiger partial charge in [-0.3, -0.25) is 4.79 Å². The zero-order valence-electron chi connectivity index (χ0n) is 8.66. The topological polar surface area (TPSA) is 70.3 Å². The van der Waals surface area contributed by atoms with Crippen LogP contribution in [0.3, 0.4) is 0 Å². The highest BCUT2D eigenvalue weighted by Crippen LogP contribution is 2.22. The van der Waals surface area contributed by atoms with E-state index in [0.29, 0.717) is 0 Å². The molecule has 1 rings (SSSR count). The van der Waals surface area contributed by atoms with Gasteiger partial charge < -0.3 is 9.84 Å². The van der Waals surface area contributed by atoms with Crippen LogP contribution < -0.4 is 0 Å². The molecule has 1 N–H and O–H groups in total. The number of nitrogens with zero attached hydrogens (tertiary/aromatic N) is 1. The van der Waals surface area contributed by atoms with Crippen molar-refractivity contribution in [3.05, 3.63) is 29.1 Å². The van der Waals surface area contributed by atoms with Gasteiger partial charge in [0.25, 0.3) is 0 Å². The number of nitriles is 1. The van der Waals surface area contributed by atoms with Crippen LogP contribution in [0, 0.1) is 17.1 Å². The number of carbonyl (C=O) groups excluding carboxylic acids is 1. The van der Waals surface area contributed by atoms with Crippen molar-refractivity contribution in [3.8, 4) is 11.8 Å². The van der Waals surface area contributed by atoms with Crippen LogP contribution >= 0.6 is 0 Å². The van der Waals surface area contributed by atoms with Gasteiger partial charge in [-0.15, -0.1) is 0 Å². The molecule has 0 saturated carbocycles. The molecule has 0 amide bonds. The number of hydrogen-bond acceptors (Lipinski definition) is 4. The van der Waals surface area contributed by atoms with Crippen molar-refractivity contribution in [1.82, 2.24) is 0 Å². The summed E-state index contributed by atoms with van der Waals surface area (Å²) in [5, 5.41) is 18.0. The summed E-state index contributed by atoms with van der Waals surface area (Å²) < 4.78 is 17.6. The van der Waals surface area contributed by atoms with Crippen LogP contribution in [-0.2, 0) is 16.0 Å². The van der Waals surface area contributed by atoms with Gasteiger partial charge in [0.05, 0.1) is 18.6 Å². The Morgan fingerprint density at radius 3 is 2.88 bits per heavy atom. The molecule has 0 aromatic heterocycles. The number of esters is 1. The van der Waals surface area contributed by atoms with E-state index in [9.17, 15) is 14.3 Å². The second-order valence-corrected chi connectivity index (χ2v) is 3.05. The summed E-state index contributed by atoms with van der Waals surface area (Å²) in [7, 11) is 0. The first kappa shape index (κ1) is 12.0. The lowest BCUT2D eigenvalue weighted by Gasteiger charge is -2.05. The summed E-state index contributed by atoms with van der Waals surface area (Å²) in [5.74, 6) is -1.73. The van der Waals surface area contributed by atoms with E-state index in [4.69, 9.17) is 5.26 Å². The number of phenols is 1. The highest BCUT2D eigenvalue weighted by Gasteiger charge is 2.14. The van der Waals surface area contributed by atoms with Crippen LogP contribution in [0.25, 0.3) is 0 Å². The smallest absolute Gasteiger partial charge is 0.310 e. The fourth-order valence-electron chi connectivity index (χ4n) is 1.28. The zero-order chi connectivity index (χ0) is 12.1. The maximum atomic E-state index is 13.0. The number of phenolic OH excluding ortho intramolecular Hbond substituents is 1. The molecule has 84 valence electrons. The molecule has 0 saturated heterocycles. The molecule has 16 heavy (non-hydrogen) atoms. The molecule has 0 unspecified atom stereocenters. The van der Waals surface area contributed by atoms with E-state index in [1.165, 1.54) is 0 Å². The molecule has 0 aliphatic carbocycles. The summed E-state index contributed by atoms with van der Waals surface area (Å²) in [5.41, 5.74) is 0.0212. The fourth-order valence-corrected chi connectivity index (χ4v) is 1.28. The summed E-state index contributed by atoms with van der Waals surface area (Å²) >= 11 is 0. The third kappa shape index (κ3) is 2.70. The minimum Gasteiger partial charge on any atom is -0.506 e. The number of aromatic hydroxyl groups is 1. The Labute approximate surface area is 91.9 Å². The van der Waals surface area contributed by atoms with Crippen LogP contribution in [0.1, 0.15) is 18.1 Å². The number of halogens is 1. The molecule has 0 atom stereocenters. The Morgan fingerprint density at radius 1 is 1.62 bits per heavy atom. The predicted molar refractivity (Wildman–Crippen MR) is 53.1 cm³/mol. The number of hydrogen-bond donors (Lipinski definition) is 1. The second kappa shape index (κ2) is 5.12. The number of benzene rings is 1. The summed E-state index contributed by atoms with van der Waals surface area (Å²) in [4.78, 5) is 11.2. The minimum absolute atomic E-state index is 0.102. The quantitative estimate of drug-likeness (QED) is 0.788. The van der Waals surface area contributed by atoms with Gasteiger partial charge in [0.2, 0.25) is 0 Å². The second-order valence-electron chi connectivity index (χ2n) is 3.05. The Kier molecular flexibility index (Phi) is 3.84. The average Bonchev–Trinajstić information content (AvgIpc) is 2.17. The Balaban J connectivity index is 3.04. The molecule has 0 fully saturated rings. The van der Waals surface area contributed by atoms with Gasteiger partial charge in [-0.2, -0.15) is 5.26 Å². The number of rotatable bonds is 3. The molecule has 0 spiro atoms. The average molecular weight is 223 g/mol. The monoisotopic (exact) mass is 223 g/mol. The van der Waals surface area contributed by atoms with Gasteiger partial charge in [0, 0.05) is 6.07 Å². The molecular weight excluding hydrogens is 213 g/mol. The Morgan fingerprint density at radius 2 is 2.31 bits per heavy atom. The Bertz CT molecular complexity index is 451. The third-order valence-electron chi connectivity index (χ3n) is 1.92. The molecule has 5 heteroatoms. The predicted octanol–water partition coefficient (Wildman–Crippen LogP) is 1.51. The molecule has 0 heterocycles. The van der Waals surface area contributed by atoms with E-state index in [1.54, 1.807) is 13.0 Å². The van der Waals surface area contributed by atoms with Crippen LogP contribution in [0.2, 0.25) is 0 Å². The van der Waals surface area contributed by atoms with Crippen molar-refractivity contribution in [2.45, 2.75) is 13.3 Å². The van der Waals surface area contributed by atoms with Crippen LogP contribution in [0.5, 0.6) is 5.75 Å². The largest absolute Gasteiger partial charge is 0.506 e. The molecule has 0 aliphatic heterocycles. The SMILES string of the molecule is CCOC(=O)Cc1cc(F)cc(O)c1C#N. The van der Waals surface area contributed by atoms with E-state index in [0.717, 1.165) is 12.1 Å². The van der Waals surface area contributed by atoms with Crippen molar-refractivity contribution in [1.29, 1.82) is 5.26 Å². The van der Waals surface area contributed by atoms with Crippen molar-refractivity contribution < 1.29 is 19.0 Å². The first-order valence-corrected chi connectivity index (χ1v) is 4.65. The molecule has 0 aliphatic rings. The van der Waals surface area contributed by atoms with Gasteiger partial charge in [-0.1, -0.05) is 0 Å². The van der Waals surface area contributed by atoms with Gasteiger partial charge in [-0.25, -0.2) is 4.39 Å². The highest BCUT2D eigenvalue weighted by molar-refractivity contribution is 5.74. The van der Waals surface area contributed by atoms with Crippen molar-refractivity contribution in [2.24, 2.45) is 0 Å². The fraction of sp³-hybridized carbons (Fsp3) is 0.273. The zero-order valence-corrected chi connectivity index (χ0v) is 8.66. The standard InChI is InChI=1S/C11H10FNO3/c1-2-16-11(15)4-7-3-8(12)5-10(14)9(7)6-13/h3,5,14H,2,4H2,1H3. The highest BCUT2D eigenvalue weighted by atomic mass is 19.1. The maximum Gasteiger partial charge on any atom is 0.310 e. The number of carbonyl (C=O) groups is 1. The molecule has 4 nitrogen and oxygen atoms in total. The molecule has 0 bridgehead atoms. The first-order chi connectivity index (χ1) is 7.58. The third-order valence-corrected chi connectivity index (χ3v) is 1.92. The lowest BCUT2D eigenvalue weighted by molar-refractivity contribution is -0.142. The Hall–Kier alpha value is -2.09. The van der Waals surface area contributed by atoms with Crippen molar-refractivity contribution in [3.63, 3.8) is 0 Å². The summed E-state index contributed by atoms with van der Waals surface area (Å²) in [6.07, 6.45) is -0.234. The molecule has 1 aromatic carbocycles. The van der Waals surface area contributed by atoms with Crippen LogP contribution in [0.15, 0.2) is 12.1 Å². The summed E-state index contributed by atoms with van der Waals surface area (Å²) in [6.45, 7) is 1.86. The van der Waals surface area contributed by atoms with E-state index < -0.39 is 17.5 Å². The minimum atomic E-state index is -0.698. The van der Waals surface area contributed by atoms with Gasteiger partial charge in [-0.05, 0) is 18.6 Å².